The van der Waals surface area contributed by atoms with Gasteiger partial charge in [-0.25, -0.2) is 4.68 Å². The van der Waals surface area contributed by atoms with Gasteiger partial charge in [0.25, 0.3) is 0 Å². The predicted octanol–water partition coefficient (Wildman–Crippen LogP) is 5.60. The third-order valence-electron chi connectivity index (χ3n) is 6.80. The van der Waals surface area contributed by atoms with Crippen molar-refractivity contribution in [3.8, 4) is 5.69 Å². The Hall–Kier alpha value is -3.84. The number of carbonyl (C=O) groups is 2. The molecule has 1 aliphatic rings. The first-order valence-electron chi connectivity index (χ1n) is 12.3. The smallest absolute Gasteiger partial charge is 0.248 e. The minimum atomic E-state index is -0.845. The van der Waals surface area contributed by atoms with Crippen LogP contribution in [0, 0.1) is 27.7 Å². The second-order valence-electron chi connectivity index (χ2n) is 9.48. The maximum Gasteiger partial charge on any atom is 0.248 e. The first-order valence-corrected chi connectivity index (χ1v) is 13.3. The largest absolute Gasteiger partial charge is 0.350 e. The van der Waals surface area contributed by atoms with Gasteiger partial charge in [0.15, 0.2) is 0 Å². The van der Waals surface area contributed by atoms with E-state index in [1.807, 2.05) is 105 Å². The van der Waals surface area contributed by atoms with E-state index in [4.69, 9.17) is 5.10 Å². The standard InChI is InChI=1S/C30H30N4O2S/c1-19-10-13-23(14-11-19)17-31-29(36)28-27-22(4)32-34(24-8-6-5-7-9-24)30(27)37-18-26(35)33(28)25-15-12-20(2)21(3)16-25/h5-16,28H,17-18H2,1-4H3,(H,31,36). The lowest BCUT2D eigenvalue weighted by Crippen LogP contribution is -2.44. The van der Waals surface area contributed by atoms with Crippen molar-refractivity contribution >= 4 is 29.3 Å². The molecule has 0 radical (unpaired) electrons. The van der Waals surface area contributed by atoms with Crippen molar-refractivity contribution in [3.63, 3.8) is 0 Å². The van der Waals surface area contributed by atoms with Crippen molar-refractivity contribution in [2.45, 2.75) is 45.3 Å². The molecule has 1 N–H and O–H groups in total. The molecular weight excluding hydrogens is 480 g/mol. The summed E-state index contributed by atoms with van der Waals surface area (Å²) >= 11 is 1.43. The van der Waals surface area contributed by atoms with Crippen molar-refractivity contribution in [2.75, 3.05) is 10.7 Å². The highest BCUT2D eigenvalue weighted by Gasteiger charge is 2.40. The Balaban J connectivity index is 1.61. The molecule has 1 unspecified atom stereocenters. The van der Waals surface area contributed by atoms with E-state index in [1.54, 1.807) is 4.90 Å². The predicted molar refractivity (Wildman–Crippen MR) is 148 cm³/mol. The highest BCUT2D eigenvalue weighted by Crippen LogP contribution is 2.41. The number of aromatic nitrogens is 2. The zero-order valence-corrected chi connectivity index (χ0v) is 22.3. The minimum Gasteiger partial charge on any atom is -0.350 e. The van der Waals surface area contributed by atoms with Crippen molar-refractivity contribution in [1.82, 2.24) is 15.1 Å². The van der Waals surface area contributed by atoms with E-state index >= 15 is 0 Å². The summed E-state index contributed by atoms with van der Waals surface area (Å²) in [5.41, 5.74) is 7.46. The molecule has 0 bridgehead atoms. The molecule has 0 saturated carbocycles. The molecule has 4 aromatic rings. The van der Waals surface area contributed by atoms with Crippen molar-refractivity contribution < 1.29 is 9.59 Å². The summed E-state index contributed by atoms with van der Waals surface area (Å²) in [5.74, 6) is -0.134. The van der Waals surface area contributed by atoms with Gasteiger partial charge >= 0.3 is 0 Å². The third-order valence-corrected chi connectivity index (χ3v) is 7.86. The summed E-state index contributed by atoms with van der Waals surface area (Å²) in [6.45, 7) is 8.38. The normalized spacial score (nSPS) is 15.3. The van der Waals surface area contributed by atoms with Gasteiger partial charge in [-0.2, -0.15) is 5.10 Å². The minimum absolute atomic E-state index is 0.112. The van der Waals surface area contributed by atoms with Gasteiger partial charge in [0.2, 0.25) is 11.8 Å². The highest BCUT2D eigenvalue weighted by atomic mass is 32.2. The molecule has 1 aliphatic heterocycles. The van der Waals surface area contributed by atoms with Gasteiger partial charge in [0.1, 0.15) is 11.1 Å². The van der Waals surface area contributed by atoms with Gasteiger partial charge in [0.05, 0.1) is 17.1 Å². The fourth-order valence-corrected chi connectivity index (χ4v) is 5.68. The number of fused-ring (bicyclic) bond motifs is 1. The second kappa shape index (κ2) is 10.3. The van der Waals surface area contributed by atoms with Crippen LogP contribution >= 0.6 is 11.8 Å². The molecule has 37 heavy (non-hydrogen) atoms. The quantitative estimate of drug-likeness (QED) is 0.379. The number of hydrogen-bond donors (Lipinski definition) is 1. The van der Waals surface area contributed by atoms with Crippen LogP contribution in [-0.4, -0.2) is 27.3 Å². The fourth-order valence-electron chi connectivity index (χ4n) is 4.60. The molecule has 2 amide bonds. The van der Waals surface area contributed by atoms with E-state index in [1.165, 1.54) is 11.8 Å². The van der Waals surface area contributed by atoms with Gasteiger partial charge in [-0.15, -0.1) is 0 Å². The first kappa shape index (κ1) is 24.8. The van der Waals surface area contributed by atoms with Crippen molar-refractivity contribution in [1.29, 1.82) is 0 Å². The van der Waals surface area contributed by atoms with Gasteiger partial charge in [-0.3, -0.25) is 14.5 Å². The number of hydrogen-bond acceptors (Lipinski definition) is 4. The summed E-state index contributed by atoms with van der Waals surface area (Å²) in [6.07, 6.45) is 0. The fraction of sp³-hybridized carbons (Fsp3) is 0.233. The Bertz CT molecular complexity index is 1460. The molecule has 188 valence electrons. The number of nitrogens with one attached hydrogen (secondary N) is 1. The van der Waals surface area contributed by atoms with Crippen LogP contribution in [-0.2, 0) is 16.1 Å². The molecule has 1 aromatic heterocycles. The summed E-state index contributed by atoms with van der Waals surface area (Å²) in [4.78, 5) is 29.3. The zero-order chi connectivity index (χ0) is 26.1. The van der Waals surface area contributed by atoms with Crippen LogP contribution in [0.15, 0.2) is 77.8 Å². The summed E-state index contributed by atoms with van der Waals surface area (Å²) in [5, 5.41) is 8.75. The van der Waals surface area contributed by atoms with Crippen LogP contribution in [0.3, 0.4) is 0 Å². The second-order valence-corrected chi connectivity index (χ2v) is 10.4. The Morgan fingerprint density at radius 2 is 1.68 bits per heavy atom. The molecule has 3 aromatic carbocycles. The summed E-state index contributed by atoms with van der Waals surface area (Å²) in [6, 6.07) is 23.0. The molecule has 7 heteroatoms. The number of anilines is 1. The van der Waals surface area contributed by atoms with Gasteiger partial charge in [0, 0.05) is 17.8 Å². The van der Waals surface area contributed by atoms with E-state index in [0.29, 0.717) is 12.2 Å². The monoisotopic (exact) mass is 510 g/mol. The van der Waals surface area contributed by atoms with Gasteiger partial charge < -0.3 is 5.32 Å². The lowest BCUT2D eigenvalue weighted by molar-refractivity contribution is -0.126. The average Bonchev–Trinajstić information content (AvgIpc) is 3.13. The number of thioether (sulfide) groups is 1. The maximum atomic E-state index is 14.0. The topological polar surface area (TPSA) is 67.2 Å². The average molecular weight is 511 g/mol. The van der Waals surface area contributed by atoms with E-state index in [9.17, 15) is 9.59 Å². The number of benzene rings is 3. The molecule has 0 fully saturated rings. The summed E-state index contributed by atoms with van der Waals surface area (Å²) in [7, 11) is 0. The van der Waals surface area contributed by atoms with E-state index < -0.39 is 6.04 Å². The molecule has 0 spiro atoms. The Morgan fingerprint density at radius 1 is 0.946 bits per heavy atom. The maximum absolute atomic E-state index is 14.0. The Labute approximate surface area is 221 Å². The van der Waals surface area contributed by atoms with Crippen LogP contribution in [0.2, 0.25) is 0 Å². The molecule has 1 atom stereocenters. The molecule has 6 nitrogen and oxygen atoms in total. The van der Waals surface area contributed by atoms with Crippen LogP contribution < -0.4 is 10.2 Å². The first-order chi connectivity index (χ1) is 17.8. The number of carbonyl (C=O) groups excluding carboxylic acids is 2. The molecule has 2 heterocycles. The third kappa shape index (κ3) is 4.91. The van der Waals surface area contributed by atoms with Crippen molar-refractivity contribution in [3.05, 3.63) is 106 Å². The van der Waals surface area contributed by atoms with E-state index in [2.05, 4.69) is 5.32 Å². The Morgan fingerprint density at radius 3 is 2.38 bits per heavy atom. The lowest BCUT2D eigenvalue weighted by atomic mass is 10.0. The van der Waals surface area contributed by atoms with Crippen LogP contribution in [0.1, 0.15) is 39.6 Å². The van der Waals surface area contributed by atoms with Crippen LogP contribution in [0.4, 0.5) is 5.69 Å². The van der Waals surface area contributed by atoms with Gasteiger partial charge in [-0.1, -0.05) is 65.9 Å². The zero-order valence-electron chi connectivity index (χ0n) is 21.5. The molecule has 5 rings (SSSR count). The SMILES string of the molecule is Cc1ccc(CNC(=O)C2c3c(C)nn(-c4ccccc4)c3SCC(=O)N2c2ccc(C)c(C)c2)cc1. The molecule has 0 aliphatic carbocycles. The lowest BCUT2D eigenvalue weighted by Gasteiger charge is -2.30. The van der Waals surface area contributed by atoms with E-state index in [0.717, 1.165) is 44.2 Å². The molecule has 0 saturated heterocycles. The van der Waals surface area contributed by atoms with Gasteiger partial charge in [-0.05, 0) is 68.7 Å². The number of aryl methyl sites for hydroxylation is 4. The van der Waals surface area contributed by atoms with Crippen LogP contribution in [0.5, 0.6) is 0 Å². The number of para-hydroxylation sites is 1. The van der Waals surface area contributed by atoms with Crippen LogP contribution in [0.25, 0.3) is 5.69 Å². The van der Waals surface area contributed by atoms with E-state index in [-0.39, 0.29) is 17.6 Å². The highest BCUT2D eigenvalue weighted by molar-refractivity contribution is 8.00. The summed E-state index contributed by atoms with van der Waals surface area (Å²) < 4.78 is 1.85. The number of nitrogens with zero attached hydrogens (tertiary/aromatic N) is 3. The number of rotatable bonds is 5. The Kier molecular flexibility index (Phi) is 6.89. The van der Waals surface area contributed by atoms with Crippen molar-refractivity contribution in [2.24, 2.45) is 0 Å². The molecular formula is C30H30N4O2S. The number of amides is 2.